The van der Waals surface area contributed by atoms with E-state index >= 15 is 0 Å². The molecule has 0 spiro atoms. The first kappa shape index (κ1) is 18.2. The zero-order chi connectivity index (χ0) is 15.2. The summed E-state index contributed by atoms with van der Waals surface area (Å²) in [6, 6.07) is -0.694. The number of ether oxygens (including phenoxy) is 1. The van der Waals surface area contributed by atoms with E-state index in [-0.39, 0.29) is 12.4 Å². The highest BCUT2D eigenvalue weighted by molar-refractivity contribution is 7.54. The van der Waals surface area contributed by atoms with E-state index in [9.17, 15) is 9.36 Å². The third kappa shape index (κ3) is 4.09. The lowest BCUT2D eigenvalue weighted by atomic mass is 10.3. The van der Waals surface area contributed by atoms with Crippen molar-refractivity contribution in [3.63, 3.8) is 0 Å². The highest BCUT2D eigenvalue weighted by Gasteiger charge is 2.44. The van der Waals surface area contributed by atoms with E-state index in [2.05, 4.69) is 0 Å². The summed E-state index contributed by atoms with van der Waals surface area (Å²) in [6.45, 7) is 3.35. The van der Waals surface area contributed by atoms with Gasteiger partial charge in [-0.05, 0) is 13.3 Å². The minimum atomic E-state index is -3.29. The number of hydrogen-bond acceptors (Lipinski definition) is 4. The Morgan fingerprint density at radius 2 is 2.20 bits per heavy atom. The predicted octanol–water partition coefficient (Wildman–Crippen LogP) is 2.16. The molecule has 9 heteroatoms. The van der Waals surface area contributed by atoms with Gasteiger partial charge >= 0.3 is 13.6 Å². The zero-order valence-corrected chi connectivity index (χ0v) is 14.2. The molecular weight excluding hydrogens is 326 g/mol. The fourth-order valence-electron chi connectivity index (χ4n) is 2.13. The molecule has 0 unspecified atom stereocenters. The summed E-state index contributed by atoms with van der Waals surface area (Å²) >= 11 is 11.5. The molecule has 1 aliphatic heterocycles. The monoisotopic (exact) mass is 346 g/mol. The SMILES string of the molecule is COC(=O)[C@H](C)N(CCCl)[P@@]1(=O)OCCCN1CCCl. The van der Waals surface area contributed by atoms with E-state index in [0.717, 1.165) is 6.42 Å². The van der Waals surface area contributed by atoms with Crippen molar-refractivity contribution >= 4 is 36.8 Å². The molecule has 0 aromatic carbocycles. The lowest BCUT2D eigenvalue weighted by Gasteiger charge is -2.42. The third-order valence-electron chi connectivity index (χ3n) is 3.15. The van der Waals surface area contributed by atoms with Crippen LogP contribution in [0.1, 0.15) is 13.3 Å². The molecular formula is C11H21Cl2N2O4P. The van der Waals surface area contributed by atoms with Gasteiger partial charge in [0.15, 0.2) is 0 Å². The highest BCUT2D eigenvalue weighted by atomic mass is 35.5. The smallest absolute Gasteiger partial charge is 0.346 e. The molecule has 0 amide bonds. The van der Waals surface area contributed by atoms with Crippen molar-refractivity contribution in [1.29, 1.82) is 0 Å². The summed E-state index contributed by atoms with van der Waals surface area (Å²) in [5, 5.41) is 0. The Labute approximate surface area is 129 Å². The number of carbonyl (C=O) groups is 1. The Morgan fingerprint density at radius 1 is 1.50 bits per heavy atom. The topological polar surface area (TPSA) is 59.1 Å². The van der Waals surface area contributed by atoms with E-state index in [0.29, 0.717) is 25.6 Å². The molecule has 1 aliphatic rings. The maximum absolute atomic E-state index is 13.2. The minimum Gasteiger partial charge on any atom is -0.468 e. The molecule has 1 saturated heterocycles. The number of hydrogen-bond donors (Lipinski definition) is 0. The zero-order valence-electron chi connectivity index (χ0n) is 11.8. The number of nitrogens with zero attached hydrogens (tertiary/aromatic N) is 2. The maximum Gasteiger partial charge on any atom is 0.346 e. The number of rotatable bonds is 7. The molecule has 0 saturated carbocycles. The molecule has 0 radical (unpaired) electrons. The Hall–Kier alpha value is 0.160. The van der Waals surface area contributed by atoms with Crippen LogP contribution in [-0.4, -0.2) is 66.5 Å². The van der Waals surface area contributed by atoms with Crippen LogP contribution in [0.4, 0.5) is 0 Å². The van der Waals surface area contributed by atoms with Gasteiger partial charge in [0, 0.05) is 31.4 Å². The first-order valence-electron chi connectivity index (χ1n) is 6.48. The lowest BCUT2D eigenvalue weighted by Crippen LogP contribution is -2.45. The van der Waals surface area contributed by atoms with Gasteiger partial charge in [0.2, 0.25) is 0 Å². The Morgan fingerprint density at radius 3 is 2.75 bits per heavy atom. The van der Waals surface area contributed by atoms with E-state index in [4.69, 9.17) is 32.5 Å². The van der Waals surface area contributed by atoms with Crippen LogP contribution in [0.3, 0.4) is 0 Å². The summed E-state index contributed by atoms with van der Waals surface area (Å²) < 4.78 is 26.7. The van der Waals surface area contributed by atoms with Crippen molar-refractivity contribution in [2.45, 2.75) is 19.4 Å². The molecule has 1 heterocycles. The van der Waals surface area contributed by atoms with E-state index in [1.165, 1.54) is 11.8 Å². The molecule has 118 valence electrons. The lowest BCUT2D eigenvalue weighted by molar-refractivity contribution is -0.144. The molecule has 0 aliphatic carbocycles. The molecule has 20 heavy (non-hydrogen) atoms. The molecule has 0 N–H and O–H groups in total. The molecule has 0 aromatic rings. The molecule has 1 rings (SSSR count). The average Bonchev–Trinajstić information content (AvgIpc) is 2.45. The van der Waals surface area contributed by atoms with Gasteiger partial charge in [-0.1, -0.05) is 0 Å². The van der Waals surface area contributed by atoms with Crippen LogP contribution in [0, 0.1) is 0 Å². The summed E-state index contributed by atoms with van der Waals surface area (Å²) in [7, 11) is -2.00. The number of esters is 1. The number of halogens is 2. The largest absolute Gasteiger partial charge is 0.468 e. The van der Waals surface area contributed by atoms with Crippen molar-refractivity contribution in [1.82, 2.24) is 9.34 Å². The van der Waals surface area contributed by atoms with Crippen LogP contribution in [0.5, 0.6) is 0 Å². The first-order chi connectivity index (χ1) is 9.51. The molecule has 0 bridgehead atoms. The van der Waals surface area contributed by atoms with Crippen LogP contribution >= 0.6 is 30.9 Å². The van der Waals surface area contributed by atoms with Gasteiger partial charge in [0.25, 0.3) is 0 Å². The van der Waals surface area contributed by atoms with Gasteiger partial charge in [0.1, 0.15) is 6.04 Å². The average molecular weight is 347 g/mol. The predicted molar refractivity (Wildman–Crippen MR) is 79.4 cm³/mol. The fourth-order valence-corrected chi connectivity index (χ4v) is 5.39. The van der Waals surface area contributed by atoms with Crippen LogP contribution in [0.2, 0.25) is 0 Å². The van der Waals surface area contributed by atoms with Crippen LogP contribution in [0.25, 0.3) is 0 Å². The van der Waals surface area contributed by atoms with Gasteiger partial charge < -0.3 is 9.26 Å². The number of methoxy groups -OCH3 is 1. The number of carbonyl (C=O) groups excluding carboxylic acids is 1. The summed E-state index contributed by atoms with van der Waals surface area (Å²) in [5.41, 5.74) is 0. The summed E-state index contributed by atoms with van der Waals surface area (Å²) in [6.07, 6.45) is 0.780. The Bertz CT molecular complexity index is 370. The fraction of sp³-hybridized carbons (Fsp3) is 0.909. The van der Waals surface area contributed by atoms with Crippen molar-refractivity contribution in [2.75, 3.05) is 45.1 Å². The quantitative estimate of drug-likeness (QED) is 0.400. The van der Waals surface area contributed by atoms with E-state index in [1.807, 2.05) is 0 Å². The summed E-state index contributed by atoms with van der Waals surface area (Å²) in [4.78, 5) is 11.7. The van der Waals surface area contributed by atoms with Crippen molar-refractivity contribution in [2.24, 2.45) is 0 Å². The summed E-state index contributed by atoms with van der Waals surface area (Å²) in [5.74, 6) is 0.114. The van der Waals surface area contributed by atoms with Crippen LogP contribution < -0.4 is 0 Å². The minimum absolute atomic E-state index is 0.239. The second-order valence-electron chi connectivity index (χ2n) is 4.37. The Balaban J connectivity index is 3.01. The second kappa shape index (κ2) is 8.57. The third-order valence-corrected chi connectivity index (χ3v) is 6.32. The normalized spacial score (nSPS) is 25.6. The first-order valence-corrected chi connectivity index (χ1v) is 9.08. The molecule has 1 fully saturated rings. The second-order valence-corrected chi connectivity index (χ2v) is 7.45. The molecule has 0 aromatic heterocycles. The van der Waals surface area contributed by atoms with E-state index in [1.54, 1.807) is 11.6 Å². The van der Waals surface area contributed by atoms with Crippen LogP contribution in [0.15, 0.2) is 0 Å². The van der Waals surface area contributed by atoms with Gasteiger partial charge in [0.05, 0.1) is 13.7 Å². The standard InChI is InChI=1S/C11H21Cl2N2O4P/c1-10(11(16)18-2)15(8-5-13)20(17)14(7-4-12)6-3-9-19-20/h10H,3-9H2,1-2H3/t10-,20-/m0/s1. The Kier molecular flexibility index (Phi) is 7.80. The van der Waals surface area contributed by atoms with Gasteiger partial charge in [-0.3, -0.25) is 9.36 Å². The maximum atomic E-state index is 13.2. The van der Waals surface area contributed by atoms with Gasteiger partial charge in [-0.25, -0.2) is 9.34 Å². The number of alkyl halides is 2. The van der Waals surface area contributed by atoms with Crippen LogP contribution in [-0.2, 0) is 18.6 Å². The van der Waals surface area contributed by atoms with E-state index < -0.39 is 19.7 Å². The van der Waals surface area contributed by atoms with Crippen molar-refractivity contribution < 1.29 is 18.6 Å². The van der Waals surface area contributed by atoms with Crippen molar-refractivity contribution in [3.05, 3.63) is 0 Å². The molecule has 2 atom stereocenters. The van der Waals surface area contributed by atoms with Gasteiger partial charge in [-0.15, -0.1) is 23.2 Å². The molecule has 6 nitrogen and oxygen atoms in total. The van der Waals surface area contributed by atoms with Crippen molar-refractivity contribution in [3.8, 4) is 0 Å². The highest BCUT2D eigenvalue weighted by Crippen LogP contribution is 2.57. The van der Waals surface area contributed by atoms with Gasteiger partial charge in [-0.2, -0.15) is 0 Å².